The third-order valence-corrected chi connectivity index (χ3v) is 3.58. The molecule has 2 N–H and O–H groups in total. The summed E-state index contributed by atoms with van der Waals surface area (Å²) >= 11 is 0. The SMILES string of the molecule is CC[C@H](CCO)NC(=O)CCCCc1ccc(C)cc1. The zero-order valence-corrected chi connectivity index (χ0v) is 12.7. The number of hydrogen-bond donors (Lipinski definition) is 2. The Hall–Kier alpha value is -1.35. The Morgan fingerprint density at radius 2 is 1.95 bits per heavy atom. The van der Waals surface area contributed by atoms with Gasteiger partial charge in [-0.1, -0.05) is 36.8 Å². The second kappa shape index (κ2) is 9.54. The lowest BCUT2D eigenvalue weighted by Gasteiger charge is -2.15. The summed E-state index contributed by atoms with van der Waals surface area (Å²) in [6, 6.07) is 8.68. The molecule has 0 unspecified atom stereocenters. The van der Waals surface area contributed by atoms with Crippen LogP contribution in [0.4, 0.5) is 0 Å². The Balaban J connectivity index is 2.17. The third-order valence-electron chi connectivity index (χ3n) is 3.58. The van der Waals surface area contributed by atoms with Crippen LogP contribution in [0.2, 0.25) is 0 Å². The Bertz CT molecular complexity index is 386. The summed E-state index contributed by atoms with van der Waals surface area (Å²) in [5.41, 5.74) is 2.62. The van der Waals surface area contributed by atoms with Gasteiger partial charge in [0.25, 0.3) is 0 Å². The number of aliphatic hydroxyl groups excluding tert-OH is 1. The van der Waals surface area contributed by atoms with E-state index in [0.717, 1.165) is 25.7 Å². The molecule has 1 rings (SSSR count). The summed E-state index contributed by atoms with van der Waals surface area (Å²) in [6.45, 7) is 4.24. The summed E-state index contributed by atoms with van der Waals surface area (Å²) < 4.78 is 0. The fourth-order valence-corrected chi connectivity index (χ4v) is 2.20. The first-order valence-electron chi connectivity index (χ1n) is 7.61. The summed E-state index contributed by atoms with van der Waals surface area (Å²) in [5, 5.41) is 11.9. The van der Waals surface area contributed by atoms with E-state index >= 15 is 0 Å². The number of carbonyl (C=O) groups excluding carboxylic acids is 1. The topological polar surface area (TPSA) is 49.3 Å². The van der Waals surface area contributed by atoms with Crippen molar-refractivity contribution >= 4 is 5.91 Å². The van der Waals surface area contributed by atoms with Crippen molar-refractivity contribution in [2.75, 3.05) is 6.61 Å². The predicted octanol–water partition coefficient (Wildman–Crippen LogP) is 2.99. The van der Waals surface area contributed by atoms with Crippen molar-refractivity contribution in [1.29, 1.82) is 0 Å². The highest BCUT2D eigenvalue weighted by Gasteiger charge is 2.09. The van der Waals surface area contributed by atoms with E-state index in [2.05, 4.69) is 36.5 Å². The van der Waals surface area contributed by atoms with Gasteiger partial charge in [0.1, 0.15) is 0 Å². The maximum absolute atomic E-state index is 11.8. The second-order valence-corrected chi connectivity index (χ2v) is 5.38. The summed E-state index contributed by atoms with van der Waals surface area (Å²) in [5.74, 6) is 0.106. The normalized spacial score (nSPS) is 12.2. The van der Waals surface area contributed by atoms with Crippen LogP contribution in [0.15, 0.2) is 24.3 Å². The van der Waals surface area contributed by atoms with Crippen molar-refractivity contribution in [1.82, 2.24) is 5.32 Å². The van der Waals surface area contributed by atoms with Gasteiger partial charge in [0.15, 0.2) is 0 Å². The molecule has 1 aromatic carbocycles. The van der Waals surface area contributed by atoms with Gasteiger partial charge in [-0.15, -0.1) is 0 Å². The number of nitrogens with one attached hydrogen (secondary N) is 1. The molecule has 1 atom stereocenters. The first-order chi connectivity index (χ1) is 9.65. The minimum absolute atomic E-state index is 0.106. The monoisotopic (exact) mass is 277 g/mol. The van der Waals surface area contributed by atoms with Crippen molar-refractivity contribution in [2.45, 2.75) is 58.4 Å². The maximum atomic E-state index is 11.8. The van der Waals surface area contributed by atoms with Crippen LogP contribution in [0.5, 0.6) is 0 Å². The van der Waals surface area contributed by atoms with Crippen LogP contribution in [-0.4, -0.2) is 23.7 Å². The van der Waals surface area contributed by atoms with Gasteiger partial charge in [-0.3, -0.25) is 4.79 Å². The van der Waals surface area contributed by atoms with Crippen LogP contribution in [0.1, 0.15) is 50.2 Å². The number of unbranched alkanes of at least 4 members (excludes halogenated alkanes) is 1. The fraction of sp³-hybridized carbons (Fsp3) is 0.588. The highest BCUT2D eigenvalue weighted by Crippen LogP contribution is 2.08. The lowest BCUT2D eigenvalue weighted by molar-refractivity contribution is -0.122. The van der Waals surface area contributed by atoms with E-state index in [1.807, 2.05) is 6.92 Å². The van der Waals surface area contributed by atoms with E-state index in [0.29, 0.717) is 12.8 Å². The number of benzene rings is 1. The highest BCUT2D eigenvalue weighted by molar-refractivity contribution is 5.76. The molecule has 0 fully saturated rings. The number of aliphatic hydroxyl groups is 1. The lowest BCUT2D eigenvalue weighted by Crippen LogP contribution is -2.34. The van der Waals surface area contributed by atoms with E-state index in [-0.39, 0.29) is 18.6 Å². The van der Waals surface area contributed by atoms with Crippen LogP contribution in [0, 0.1) is 6.92 Å². The number of hydrogen-bond acceptors (Lipinski definition) is 2. The fourth-order valence-electron chi connectivity index (χ4n) is 2.20. The first-order valence-corrected chi connectivity index (χ1v) is 7.61. The van der Waals surface area contributed by atoms with Crippen molar-refractivity contribution < 1.29 is 9.90 Å². The minimum atomic E-state index is 0.106. The molecule has 0 aromatic heterocycles. The van der Waals surface area contributed by atoms with Crippen LogP contribution >= 0.6 is 0 Å². The van der Waals surface area contributed by atoms with Gasteiger partial charge in [-0.25, -0.2) is 0 Å². The molecular formula is C17H27NO2. The first kappa shape index (κ1) is 16.7. The molecule has 0 aliphatic carbocycles. The molecule has 3 heteroatoms. The number of aryl methyl sites for hydroxylation is 2. The molecule has 112 valence electrons. The van der Waals surface area contributed by atoms with Crippen LogP contribution in [0.3, 0.4) is 0 Å². The smallest absolute Gasteiger partial charge is 0.220 e. The van der Waals surface area contributed by atoms with Gasteiger partial charge in [0.05, 0.1) is 0 Å². The molecule has 0 heterocycles. The van der Waals surface area contributed by atoms with Gasteiger partial charge < -0.3 is 10.4 Å². The standard InChI is InChI=1S/C17H27NO2/c1-3-16(12-13-19)18-17(20)7-5-4-6-15-10-8-14(2)9-11-15/h8-11,16,19H,3-7,12-13H2,1-2H3,(H,18,20)/t16-/m1/s1. The second-order valence-electron chi connectivity index (χ2n) is 5.38. The molecule has 0 saturated heterocycles. The number of rotatable bonds is 9. The Morgan fingerprint density at radius 1 is 1.25 bits per heavy atom. The zero-order chi connectivity index (χ0) is 14.8. The minimum Gasteiger partial charge on any atom is -0.396 e. The van der Waals surface area contributed by atoms with Crippen LogP contribution in [-0.2, 0) is 11.2 Å². The van der Waals surface area contributed by atoms with Gasteiger partial charge >= 0.3 is 0 Å². The molecule has 0 aliphatic rings. The molecule has 0 bridgehead atoms. The number of amides is 1. The molecule has 3 nitrogen and oxygen atoms in total. The molecule has 1 amide bonds. The van der Waals surface area contributed by atoms with Gasteiger partial charge in [-0.05, 0) is 44.6 Å². The number of carbonyl (C=O) groups is 1. The van der Waals surface area contributed by atoms with E-state index < -0.39 is 0 Å². The maximum Gasteiger partial charge on any atom is 0.220 e. The molecular weight excluding hydrogens is 250 g/mol. The van der Waals surface area contributed by atoms with Crippen molar-refractivity contribution in [2.24, 2.45) is 0 Å². The molecule has 0 spiro atoms. The molecule has 1 aromatic rings. The predicted molar refractivity (Wildman–Crippen MR) is 82.7 cm³/mol. The van der Waals surface area contributed by atoms with E-state index in [9.17, 15) is 4.79 Å². The molecule has 20 heavy (non-hydrogen) atoms. The Labute approximate surface area is 122 Å². The van der Waals surface area contributed by atoms with Crippen molar-refractivity contribution in [3.8, 4) is 0 Å². The van der Waals surface area contributed by atoms with Gasteiger partial charge in [0.2, 0.25) is 5.91 Å². The summed E-state index contributed by atoms with van der Waals surface area (Å²) in [6.07, 6.45) is 5.07. The van der Waals surface area contributed by atoms with Gasteiger partial charge in [0, 0.05) is 19.1 Å². The molecule has 0 saturated carbocycles. The lowest BCUT2D eigenvalue weighted by atomic mass is 10.1. The molecule has 0 aliphatic heterocycles. The van der Waals surface area contributed by atoms with Gasteiger partial charge in [-0.2, -0.15) is 0 Å². The van der Waals surface area contributed by atoms with E-state index in [1.54, 1.807) is 0 Å². The van der Waals surface area contributed by atoms with Crippen molar-refractivity contribution in [3.63, 3.8) is 0 Å². The van der Waals surface area contributed by atoms with E-state index in [1.165, 1.54) is 11.1 Å². The van der Waals surface area contributed by atoms with Crippen molar-refractivity contribution in [3.05, 3.63) is 35.4 Å². The zero-order valence-electron chi connectivity index (χ0n) is 12.7. The highest BCUT2D eigenvalue weighted by atomic mass is 16.3. The molecule has 0 radical (unpaired) electrons. The quantitative estimate of drug-likeness (QED) is 0.682. The Morgan fingerprint density at radius 3 is 2.55 bits per heavy atom. The largest absolute Gasteiger partial charge is 0.396 e. The van der Waals surface area contributed by atoms with Crippen LogP contribution < -0.4 is 5.32 Å². The Kier molecular flexibility index (Phi) is 7.97. The average Bonchev–Trinajstić information content (AvgIpc) is 2.45. The summed E-state index contributed by atoms with van der Waals surface area (Å²) in [7, 11) is 0. The van der Waals surface area contributed by atoms with Crippen LogP contribution in [0.25, 0.3) is 0 Å². The van der Waals surface area contributed by atoms with E-state index in [4.69, 9.17) is 5.11 Å². The third kappa shape index (κ3) is 6.71. The summed E-state index contributed by atoms with van der Waals surface area (Å²) in [4.78, 5) is 11.8. The average molecular weight is 277 g/mol.